The van der Waals surface area contributed by atoms with Crippen LogP contribution in [0, 0.1) is 17.2 Å². The molecule has 0 radical (unpaired) electrons. The molecule has 0 aliphatic carbocycles. The molecular weight excluding hydrogens is 326 g/mol. The van der Waals surface area contributed by atoms with Crippen LogP contribution in [0.5, 0.6) is 0 Å². The molecule has 1 aliphatic heterocycles. The minimum Gasteiger partial charge on any atom is -0.338 e. The fourth-order valence-electron chi connectivity index (χ4n) is 3.23. The molecule has 132 valence electrons. The van der Waals surface area contributed by atoms with E-state index in [0.29, 0.717) is 28.3 Å². The number of amides is 2. The van der Waals surface area contributed by atoms with Gasteiger partial charge in [-0.3, -0.25) is 9.59 Å². The third-order valence-corrected chi connectivity index (χ3v) is 4.61. The van der Waals surface area contributed by atoms with E-state index in [4.69, 9.17) is 5.26 Å². The van der Waals surface area contributed by atoms with Gasteiger partial charge in [0.25, 0.3) is 11.8 Å². The van der Waals surface area contributed by atoms with E-state index in [0.717, 1.165) is 25.9 Å². The summed E-state index contributed by atoms with van der Waals surface area (Å²) in [4.78, 5) is 27.1. The molecule has 1 aliphatic rings. The predicted molar refractivity (Wildman–Crippen MR) is 99.9 cm³/mol. The molecule has 5 nitrogen and oxygen atoms in total. The van der Waals surface area contributed by atoms with Crippen LogP contribution in [0.1, 0.15) is 46.0 Å². The van der Waals surface area contributed by atoms with Gasteiger partial charge in [0.1, 0.15) is 6.07 Å². The van der Waals surface area contributed by atoms with Gasteiger partial charge in [0, 0.05) is 24.2 Å². The van der Waals surface area contributed by atoms with E-state index in [1.807, 2.05) is 4.90 Å². The molecule has 3 rings (SSSR count). The Morgan fingerprint density at radius 2 is 1.92 bits per heavy atom. The highest BCUT2D eigenvalue weighted by Gasteiger charge is 2.22. The Hall–Kier alpha value is -3.13. The summed E-state index contributed by atoms with van der Waals surface area (Å²) in [5, 5.41) is 11.9. The van der Waals surface area contributed by atoms with Gasteiger partial charge in [0.15, 0.2) is 0 Å². The first kappa shape index (κ1) is 17.7. The molecule has 2 aromatic carbocycles. The number of carbonyl (C=O) groups excluding carboxylic acids is 2. The number of anilines is 1. The highest BCUT2D eigenvalue weighted by atomic mass is 16.2. The zero-order valence-electron chi connectivity index (χ0n) is 14.7. The number of benzene rings is 2. The van der Waals surface area contributed by atoms with Gasteiger partial charge in [-0.25, -0.2) is 0 Å². The number of para-hydroxylation sites is 1. The second kappa shape index (κ2) is 7.83. The summed E-state index contributed by atoms with van der Waals surface area (Å²) in [5.41, 5.74) is 1.77. The Morgan fingerprint density at radius 3 is 2.69 bits per heavy atom. The van der Waals surface area contributed by atoms with Crippen molar-refractivity contribution in [3.63, 3.8) is 0 Å². The third kappa shape index (κ3) is 3.92. The fraction of sp³-hybridized carbons (Fsp3) is 0.286. The quantitative estimate of drug-likeness (QED) is 0.920. The molecule has 0 bridgehead atoms. The molecule has 1 heterocycles. The first-order valence-corrected chi connectivity index (χ1v) is 8.78. The Bertz CT molecular complexity index is 870. The third-order valence-electron chi connectivity index (χ3n) is 4.61. The molecule has 1 unspecified atom stereocenters. The first-order chi connectivity index (χ1) is 12.6. The van der Waals surface area contributed by atoms with Gasteiger partial charge in [-0.15, -0.1) is 0 Å². The molecule has 0 saturated carbocycles. The van der Waals surface area contributed by atoms with Crippen molar-refractivity contribution in [2.75, 3.05) is 18.4 Å². The van der Waals surface area contributed by atoms with Crippen molar-refractivity contribution in [2.24, 2.45) is 5.92 Å². The summed E-state index contributed by atoms with van der Waals surface area (Å²) in [7, 11) is 0. The number of hydrogen-bond acceptors (Lipinski definition) is 3. The molecule has 2 amide bonds. The Kier molecular flexibility index (Phi) is 5.33. The molecule has 0 spiro atoms. The van der Waals surface area contributed by atoms with E-state index < -0.39 is 0 Å². The molecule has 1 atom stereocenters. The normalized spacial score (nSPS) is 16.6. The SMILES string of the molecule is CC1CCCN(C(=O)c2cccc(C(=O)Nc3ccccc3C#N)c2)C1. The van der Waals surface area contributed by atoms with Crippen LogP contribution in [0.25, 0.3) is 0 Å². The number of nitriles is 1. The number of nitrogens with one attached hydrogen (secondary N) is 1. The van der Waals surface area contributed by atoms with Crippen LogP contribution in [0.15, 0.2) is 48.5 Å². The molecule has 1 saturated heterocycles. The monoisotopic (exact) mass is 347 g/mol. The maximum absolute atomic E-state index is 12.7. The minimum atomic E-state index is -0.339. The lowest BCUT2D eigenvalue weighted by molar-refractivity contribution is 0.0683. The molecular formula is C21H21N3O2. The summed E-state index contributed by atoms with van der Waals surface area (Å²) in [5.74, 6) is 0.125. The average Bonchev–Trinajstić information content (AvgIpc) is 2.68. The van der Waals surface area contributed by atoms with E-state index in [-0.39, 0.29) is 11.8 Å². The van der Waals surface area contributed by atoms with Crippen LogP contribution in [-0.4, -0.2) is 29.8 Å². The van der Waals surface area contributed by atoms with Crippen LogP contribution >= 0.6 is 0 Å². The van der Waals surface area contributed by atoms with Gasteiger partial charge >= 0.3 is 0 Å². The summed E-state index contributed by atoms with van der Waals surface area (Å²) < 4.78 is 0. The van der Waals surface area contributed by atoms with Gasteiger partial charge in [0.2, 0.25) is 0 Å². The lowest BCUT2D eigenvalue weighted by atomic mass is 9.99. The molecule has 26 heavy (non-hydrogen) atoms. The molecule has 2 aromatic rings. The predicted octanol–water partition coefficient (Wildman–Crippen LogP) is 3.68. The zero-order chi connectivity index (χ0) is 18.5. The largest absolute Gasteiger partial charge is 0.338 e. The van der Waals surface area contributed by atoms with Crippen molar-refractivity contribution >= 4 is 17.5 Å². The van der Waals surface area contributed by atoms with Crippen molar-refractivity contribution in [3.05, 3.63) is 65.2 Å². The Balaban J connectivity index is 1.77. The van der Waals surface area contributed by atoms with Crippen LogP contribution in [0.4, 0.5) is 5.69 Å². The average molecular weight is 347 g/mol. The molecule has 0 aromatic heterocycles. The van der Waals surface area contributed by atoms with Crippen LogP contribution in [0.2, 0.25) is 0 Å². The lowest BCUT2D eigenvalue weighted by Crippen LogP contribution is -2.39. The smallest absolute Gasteiger partial charge is 0.255 e. The van der Waals surface area contributed by atoms with E-state index in [1.54, 1.807) is 48.5 Å². The van der Waals surface area contributed by atoms with Crippen LogP contribution in [-0.2, 0) is 0 Å². The Morgan fingerprint density at radius 1 is 1.15 bits per heavy atom. The number of carbonyl (C=O) groups is 2. The second-order valence-electron chi connectivity index (χ2n) is 6.69. The minimum absolute atomic E-state index is 0.0383. The van der Waals surface area contributed by atoms with Crippen molar-refractivity contribution in [2.45, 2.75) is 19.8 Å². The molecule has 1 N–H and O–H groups in total. The van der Waals surface area contributed by atoms with Crippen molar-refractivity contribution in [3.8, 4) is 6.07 Å². The van der Waals surface area contributed by atoms with Crippen LogP contribution in [0.3, 0.4) is 0 Å². The zero-order valence-corrected chi connectivity index (χ0v) is 14.7. The standard InChI is InChI=1S/C21H21N3O2/c1-15-6-5-11-24(14-15)21(26)17-9-4-8-16(12-17)20(25)23-19-10-3-2-7-18(19)13-22/h2-4,7-10,12,15H,5-6,11,14H2,1H3,(H,23,25). The summed E-state index contributed by atoms with van der Waals surface area (Å²) >= 11 is 0. The first-order valence-electron chi connectivity index (χ1n) is 8.78. The second-order valence-corrected chi connectivity index (χ2v) is 6.69. The molecule has 5 heteroatoms. The van der Waals surface area contributed by atoms with Gasteiger partial charge in [-0.2, -0.15) is 5.26 Å². The summed E-state index contributed by atoms with van der Waals surface area (Å²) in [6.07, 6.45) is 2.16. The highest BCUT2D eigenvalue weighted by molar-refractivity contribution is 6.06. The maximum Gasteiger partial charge on any atom is 0.255 e. The number of piperidine rings is 1. The lowest BCUT2D eigenvalue weighted by Gasteiger charge is -2.31. The van der Waals surface area contributed by atoms with E-state index >= 15 is 0 Å². The highest BCUT2D eigenvalue weighted by Crippen LogP contribution is 2.19. The maximum atomic E-state index is 12.7. The fourth-order valence-corrected chi connectivity index (χ4v) is 3.23. The van der Waals surface area contributed by atoms with Crippen molar-refractivity contribution in [1.82, 2.24) is 4.90 Å². The Labute approximate surface area is 153 Å². The number of likely N-dealkylation sites (tertiary alicyclic amines) is 1. The number of rotatable bonds is 3. The summed E-state index contributed by atoms with van der Waals surface area (Å²) in [6.45, 7) is 3.66. The molecule has 1 fully saturated rings. The van der Waals surface area contributed by atoms with Gasteiger partial charge in [-0.05, 0) is 49.1 Å². The van der Waals surface area contributed by atoms with Crippen molar-refractivity contribution in [1.29, 1.82) is 5.26 Å². The van der Waals surface area contributed by atoms with Crippen molar-refractivity contribution < 1.29 is 9.59 Å². The van der Waals surface area contributed by atoms with Gasteiger partial charge in [0.05, 0.1) is 11.3 Å². The topological polar surface area (TPSA) is 73.2 Å². The van der Waals surface area contributed by atoms with E-state index in [9.17, 15) is 9.59 Å². The van der Waals surface area contributed by atoms with Gasteiger partial charge in [-0.1, -0.05) is 25.1 Å². The summed E-state index contributed by atoms with van der Waals surface area (Å²) in [6, 6.07) is 15.6. The van der Waals surface area contributed by atoms with E-state index in [1.165, 1.54) is 0 Å². The number of nitrogens with zero attached hydrogens (tertiary/aromatic N) is 2. The van der Waals surface area contributed by atoms with Crippen LogP contribution < -0.4 is 5.32 Å². The number of hydrogen-bond donors (Lipinski definition) is 1. The van der Waals surface area contributed by atoms with E-state index in [2.05, 4.69) is 18.3 Å². The van der Waals surface area contributed by atoms with Gasteiger partial charge < -0.3 is 10.2 Å².